The van der Waals surface area contributed by atoms with Crippen LogP contribution in [0.15, 0.2) is 24.3 Å². The third-order valence-corrected chi connectivity index (χ3v) is 3.72. The maximum atomic E-state index is 11.2. The Morgan fingerprint density at radius 3 is 2.56 bits per heavy atom. The van der Waals surface area contributed by atoms with Crippen LogP contribution in [0.4, 0.5) is 0 Å². The number of carbonyl (C=O) groups excluding carboxylic acids is 1. The predicted octanol–water partition coefficient (Wildman–Crippen LogP) is -1.90. The van der Waals surface area contributed by atoms with Crippen LogP contribution in [0.25, 0.3) is 0 Å². The Hall–Kier alpha value is -0.753. The Balaban J connectivity index is 0.00000162. The fourth-order valence-corrected chi connectivity index (χ4v) is 2.42. The molecule has 2 rings (SSSR count). The zero-order valence-electron chi connectivity index (χ0n) is 11.4. The first-order valence-corrected chi connectivity index (χ1v) is 6.04. The molecule has 0 radical (unpaired) electrons. The molecule has 0 bridgehead atoms. The number of carboxylic acids is 1. The molecule has 1 atom stereocenters. The van der Waals surface area contributed by atoms with E-state index in [4.69, 9.17) is 0 Å². The third kappa shape index (κ3) is 2.98. The van der Waals surface area contributed by atoms with Gasteiger partial charge in [-0.3, -0.25) is 4.90 Å². The summed E-state index contributed by atoms with van der Waals surface area (Å²) in [5.74, 6) is -0.956. The van der Waals surface area contributed by atoms with E-state index < -0.39 is 11.5 Å². The van der Waals surface area contributed by atoms with Crippen LogP contribution in [0, 0.1) is 6.92 Å². The standard InChI is InChI=1S/C14H19NO2.Li/c1-11-4-6-12(7-5-11)10-15-9-3-8-14(15,2)13(16)17;/h4-7H,3,8-10H2,1-2H3,(H,16,17);/q;+1/p-1/t14-;/m1./s1. The molecule has 1 aliphatic heterocycles. The van der Waals surface area contributed by atoms with E-state index in [1.165, 1.54) is 5.56 Å². The fraction of sp³-hybridized carbons (Fsp3) is 0.500. The number of carbonyl (C=O) groups is 1. The maximum absolute atomic E-state index is 11.2. The molecule has 3 nitrogen and oxygen atoms in total. The van der Waals surface area contributed by atoms with Gasteiger partial charge in [-0.05, 0) is 38.8 Å². The quantitative estimate of drug-likeness (QED) is 0.579. The van der Waals surface area contributed by atoms with Crippen LogP contribution in [0.2, 0.25) is 0 Å². The average Bonchev–Trinajstić information content (AvgIpc) is 2.65. The van der Waals surface area contributed by atoms with Gasteiger partial charge in [0.2, 0.25) is 0 Å². The first-order valence-electron chi connectivity index (χ1n) is 6.04. The molecule has 1 aliphatic rings. The smallest absolute Gasteiger partial charge is 0.548 e. The number of carboxylic acid groups (broad SMARTS) is 1. The zero-order chi connectivity index (χ0) is 12.5. The second-order valence-electron chi connectivity index (χ2n) is 5.07. The van der Waals surface area contributed by atoms with E-state index in [1.807, 2.05) is 11.8 Å². The summed E-state index contributed by atoms with van der Waals surface area (Å²) in [6.07, 6.45) is 1.61. The fourth-order valence-electron chi connectivity index (χ4n) is 2.42. The van der Waals surface area contributed by atoms with Gasteiger partial charge >= 0.3 is 18.9 Å². The SMILES string of the molecule is Cc1ccc(CN2CCC[C@]2(C)C(=O)[O-])cc1.[Li+]. The number of aryl methyl sites for hydroxylation is 1. The summed E-state index contributed by atoms with van der Waals surface area (Å²) >= 11 is 0. The second-order valence-corrected chi connectivity index (χ2v) is 5.07. The number of likely N-dealkylation sites (tertiary alicyclic amines) is 1. The summed E-state index contributed by atoms with van der Waals surface area (Å²) in [6.45, 7) is 5.33. The van der Waals surface area contributed by atoms with Crippen LogP contribution >= 0.6 is 0 Å². The molecule has 0 N–H and O–H groups in total. The van der Waals surface area contributed by atoms with Crippen molar-refractivity contribution in [3.8, 4) is 0 Å². The molecule has 0 spiro atoms. The van der Waals surface area contributed by atoms with E-state index in [0.29, 0.717) is 13.0 Å². The Bertz CT molecular complexity index is 418. The van der Waals surface area contributed by atoms with Crippen molar-refractivity contribution in [1.82, 2.24) is 4.90 Å². The molecular formula is C14H18LiNO2. The van der Waals surface area contributed by atoms with Crippen LogP contribution < -0.4 is 24.0 Å². The van der Waals surface area contributed by atoms with Crippen molar-refractivity contribution in [2.24, 2.45) is 0 Å². The van der Waals surface area contributed by atoms with Gasteiger partial charge in [0.25, 0.3) is 0 Å². The number of hydrogen-bond acceptors (Lipinski definition) is 3. The van der Waals surface area contributed by atoms with Crippen LogP contribution in [0.3, 0.4) is 0 Å². The number of rotatable bonds is 3. The van der Waals surface area contributed by atoms with E-state index in [0.717, 1.165) is 18.5 Å². The van der Waals surface area contributed by atoms with Gasteiger partial charge in [-0.2, -0.15) is 0 Å². The van der Waals surface area contributed by atoms with Crippen molar-refractivity contribution in [3.63, 3.8) is 0 Å². The van der Waals surface area contributed by atoms with Gasteiger partial charge in [0.1, 0.15) is 0 Å². The van der Waals surface area contributed by atoms with Crippen LogP contribution in [-0.4, -0.2) is 23.0 Å². The molecular weight excluding hydrogens is 221 g/mol. The van der Waals surface area contributed by atoms with Crippen LogP contribution in [-0.2, 0) is 11.3 Å². The monoisotopic (exact) mass is 239 g/mol. The minimum atomic E-state index is -0.956. The molecule has 0 saturated carbocycles. The molecule has 1 aromatic carbocycles. The topological polar surface area (TPSA) is 43.4 Å². The van der Waals surface area contributed by atoms with Gasteiger partial charge in [-0.15, -0.1) is 0 Å². The summed E-state index contributed by atoms with van der Waals surface area (Å²) in [4.78, 5) is 13.2. The minimum Gasteiger partial charge on any atom is -0.548 e. The molecule has 4 heteroatoms. The molecule has 0 amide bonds. The maximum Gasteiger partial charge on any atom is 1.00 e. The van der Waals surface area contributed by atoms with Gasteiger partial charge in [0.05, 0.1) is 11.5 Å². The zero-order valence-corrected chi connectivity index (χ0v) is 11.4. The average molecular weight is 239 g/mol. The third-order valence-electron chi connectivity index (χ3n) is 3.72. The summed E-state index contributed by atoms with van der Waals surface area (Å²) in [6, 6.07) is 8.23. The Labute approximate surface area is 120 Å². The van der Waals surface area contributed by atoms with E-state index in [1.54, 1.807) is 6.92 Å². The van der Waals surface area contributed by atoms with E-state index >= 15 is 0 Å². The Morgan fingerprint density at radius 2 is 2.00 bits per heavy atom. The van der Waals surface area contributed by atoms with Crippen molar-refractivity contribution in [2.45, 2.75) is 38.8 Å². The van der Waals surface area contributed by atoms with Crippen molar-refractivity contribution >= 4 is 5.97 Å². The van der Waals surface area contributed by atoms with Crippen molar-refractivity contribution in [1.29, 1.82) is 0 Å². The van der Waals surface area contributed by atoms with E-state index in [2.05, 4.69) is 24.3 Å². The van der Waals surface area contributed by atoms with Gasteiger partial charge in [-0.25, -0.2) is 0 Å². The van der Waals surface area contributed by atoms with Crippen LogP contribution in [0.5, 0.6) is 0 Å². The van der Waals surface area contributed by atoms with Gasteiger partial charge in [0.15, 0.2) is 0 Å². The number of benzene rings is 1. The number of nitrogens with zero attached hydrogens (tertiary/aromatic N) is 1. The van der Waals surface area contributed by atoms with Gasteiger partial charge < -0.3 is 9.90 Å². The van der Waals surface area contributed by atoms with Crippen molar-refractivity contribution in [3.05, 3.63) is 35.4 Å². The van der Waals surface area contributed by atoms with Crippen molar-refractivity contribution < 1.29 is 28.8 Å². The largest absolute Gasteiger partial charge is 1.00 e. The first-order chi connectivity index (χ1) is 8.02. The molecule has 1 aromatic rings. The summed E-state index contributed by atoms with van der Waals surface area (Å²) < 4.78 is 0. The first kappa shape index (κ1) is 15.3. The van der Waals surface area contributed by atoms with E-state index in [9.17, 15) is 9.90 Å². The predicted molar refractivity (Wildman–Crippen MR) is 64.2 cm³/mol. The molecule has 1 fully saturated rings. The summed E-state index contributed by atoms with van der Waals surface area (Å²) in [7, 11) is 0. The molecule has 0 unspecified atom stereocenters. The van der Waals surface area contributed by atoms with Gasteiger partial charge in [-0.1, -0.05) is 29.8 Å². The Kier molecular flexibility index (Phi) is 5.04. The molecule has 1 saturated heterocycles. The van der Waals surface area contributed by atoms with Crippen LogP contribution in [0.1, 0.15) is 30.9 Å². The number of hydrogen-bond donors (Lipinski definition) is 0. The Morgan fingerprint density at radius 1 is 1.39 bits per heavy atom. The molecule has 18 heavy (non-hydrogen) atoms. The molecule has 0 aliphatic carbocycles. The van der Waals surface area contributed by atoms with Crippen molar-refractivity contribution in [2.75, 3.05) is 6.54 Å². The summed E-state index contributed by atoms with van der Waals surface area (Å²) in [5.41, 5.74) is 1.58. The molecule has 0 aromatic heterocycles. The van der Waals surface area contributed by atoms with Gasteiger partial charge in [0, 0.05) is 6.54 Å². The second kappa shape index (κ2) is 5.93. The molecule has 1 heterocycles. The normalized spacial score (nSPS) is 23.7. The minimum absolute atomic E-state index is 0. The van der Waals surface area contributed by atoms with E-state index in [-0.39, 0.29) is 18.9 Å². The summed E-state index contributed by atoms with van der Waals surface area (Å²) in [5, 5.41) is 11.2. The molecule has 92 valence electrons. The number of aliphatic carboxylic acids is 1.